The number of para-hydroxylation sites is 1. The Morgan fingerprint density at radius 2 is 1.58 bits per heavy atom. The van der Waals surface area contributed by atoms with Crippen molar-refractivity contribution in [2.24, 2.45) is 5.73 Å². The Hall–Kier alpha value is -1.80. The maximum absolute atomic E-state index is 6.24. The van der Waals surface area contributed by atoms with Crippen molar-refractivity contribution in [3.8, 4) is 0 Å². The van der Waals surface area contributed by atoms with Gasteiger partial charge in [0.15, 0.2) is 0 Å². The normalized spacial score (nSPS) is 15.4. The van der Waals surface area contributed by atoms with E-state index in [2.05, 4.69) is 60.4 Å². The van der Waals surface area contributed by atoms with Gasteiger partial charge in [-0.3, -0.25) is 0 Å². The van der Waals surface area contributed by atoms with Crippen LogP contribution in [0.2, 0.25) is 0 Å². The Morgan fingerprint density at radius 3 is 2.21 bits per heavy atom. The van der Waals surface area contributed by atoms with Crippen molar-refractivity contribution >= 4 is 5.69 Å². The molecule has 1 heterocycles. The molecule has 0 aromatic heterocycles. The van der Waals surface area contributed by atoms with Crippen LogP contribution >= 0.6 is 0 Å². The van der Waals surface area contributed by atoms with Gasteiger partial charge in [-0.05, 0) is 29.2 Å². The number of fused-ring (bicyclic) bond motifs is 1. The van der Waals surface area contributed by atoms with Crippen LogP contribution in [0.5, 0.6) is 0 Å². The van der Waals surface area contributed by atoms with Gasteiger partial charge in [0.05, 0.1) is 0 Å². The summed E-state index contributed by atoms with van der Waals surface area (Å²) in [4.78, 5) is 2.43. The molecule has 2 aromatic carbocycles. The van der Waals surface area contributed by atoms with Crippen LogP contribution in [0.15, 0.2) is 48.5 Å². The number of rotatable bonds is 3. The summed E-state index contributed by atoms with van der Waals surface area (Å²) in [6, 6.07) is 17.3. The summed E-state index contributed by atoms with van der Waals surface area (Å²) in [6.07, 6.45) is 0.970. The van der Waals surface area contributed by atoms with Gasteiger partial charge < -0.3 is 10.6 Å². The molecule has 0 bridgehead atoms. The Labute approximate surface area is 114 Å². The third kappa shape index (κ3) is 2.24. The first-order valence-corrected chi connectivity index (χ1v) is 6.96. The van der Waals surface area contributed by atoms with Gasteiger partial charge in [0.2, 0.25) is 0 Å². The second-order valence-electron chi connectivity index (χ2n) is 5.20. The Morgan fingerprint density at radius 1 is 1.00 bits per heavy atom. The van der Waals surface area contributed by atoms with Crippen LogP contribution in [0.4, 0.5) is 5.69 Å². The minimum Gasteiger partial charge on any atom is -0.363 e. The monoisotopic (exact) mass is 252 g/mol. The van der Waals surface area contributed by atoms with Gasteiger partial charge >= 0.3 is 0 Å². The molecule has 0 fully saturated rings. The van der Waals surface area contributed by atoms with Crippen molar-refractivity contribution in [2.45, 2.75) is 32.5 Å². The fourth-order valence-corrected chi connectivity index (χ4v) is 2.81. The molecule has 0 saturated heterocycles. The first-order valence-electron chi connectivity index (χ1n) is 6.96. The summed E-state index contributed by atoms with van der Waals surface area (Å²) in [5, 5.41) is 0. The molecule has 1 aliphatic heterocycles. The predicted molar refractivity (Wildman–Crippen MR) is 80.0 cm³/mol. The molecule has 0 saturated carbocycles. The van der Waals surface area contributed by atoms with Crippen molar-refractivity contribution in [1.29, 1.82) is 0 Å². The second-order valence-corrected chi connectivity index (χ2v) is 5.20. The van der Waals surface area contributed by atoms with E-state index in [-0.39, 0.29) is 6.04 Å². The van der Waals surface area contributed by atoms with E-state index in [0.717, 1.165) is 19.5 Å². The number of nitrogens with two attached hydrogens (primary N) is 1. The zero-order valence-corrected chi connectivity index (χ0v) is 11.3. The van der Waals surface area contributed by atoms with E-state index < -0.39 is 0 Å². The summed E-state index contributed by atoms with van der Waals surface area (Å²) in [5.74, 6) is 0. The SMILES string of the molecule is CC[C@H](N)c1ccccc1N1Cc2ccccc2C1. The van der Waals surface area contributed by atoms with Crippen LogP contribution in [-0.4, -0.2) is 0 Å². The van der Waals surface area contributed by atoms with Gasteiger partial charge in [-0.2, -0.15) is 0 Å². The van der Waals surface area contributed by atoms with Crippen molar-refractivity contribution in [3.05, 3.63) is 65.2 Å². The molecule has 1 aliphatic rings. The third-order valence-corrected chi connectivity index (χ3v) is 3.96. The highest BCUT2D eigenvalue weighted by Gasteiger charge is 2.21. The molecule has 2 N–H and O–H groups in total. The molecule has 19 heavy (non-hydrogen) atoms. The fourth-order valence-electron chi connectivity index (χ4n) is 2.81. The fraction of sp³-hybridized carbons (Fsp3) is 0.294. The maximum atomic E-state index is 6.24. The lowest BCUT2D eigenvalue weighted by Crippen LogP contribution is -2.19. The van der Waals surface area contributed by atoms with Crippen molar-refractivity contribution in [3.63, 3.8) is 0 Å². The van der Waals surface area contributed by atoms with E-state index in [4.69, 9.17) is 5.73 Å². The number of anilines is 1. The van der Waals surface area contributed by atoms with E-state index in [1.807, 2.05) is 0 Å². The number of hydrogen-bond acceptors (Lipinski definition) is 2. The topological polar surface area (TPSA) is 29.3 Å². The van der Waals surface area contributed by atoms with Gasteiger partial charge in [-0.1, -0.05) is 49.4 Å². The van der Waals surface area contributed by atoms with E-state index in [9.17, 15) is 0 Å². The molecule has 0 unspecified atom stereocenters. The van der Waals surface area contributed by atoms with Gasteiger partial charge in [-0.25, -0.2) is 0 Å². The highest BCUT2D eigenvalue weighted by molar-refractivity contribution is 5.58. The van der Waals surface area contributed by atoms with Gasteiger partial charge in [0.25, 0.3) is 0 Å². The molecule has 0 amide bonds. The van der Waals surface area contributed by atoms with Crippen molar-refractivity contribution < 1.29 is 0 Å². The zero-order chi connectivity index (χ0) is 13.2. The minimum atomic E-state index is 0.125. The lowest BCUT2D eigenvalue weighted by Gasteiger charge is -2.24. The van der Waals surface area contributed by atoms with Crippen LogP contribution in [0, 0.1) is 0 Å². The summed E-state index contributed by atoms with van der Waals surface area (Å²) < 4.78 is 0. The molecule has 2 heteroatoms. The smallest absolute Gasteiger partial charge is 0.0436 e. The van der Waals surface area contributed by atoms with Crippen LogP contribution in [0.3, 0.4) is 0 Å². The molecule has 2 aromatic rings. The third-order valence-electron chi connectivity index (χ3n) is 3.96. The first-order chi connectivity index (χ1) is 9.29. The minimum absolute atomic E-state index is 0.125. The molecular formula is C17H20N2. The zero-order valence-electron chi connectivity index (χ0n) is 11.3. The largest absolute Gasteiger partial charge is 0.363 e. The summed E-state index contributed by atoms with van der Waals surface area (Å²) in [6.45, 7) is 4.12. The molecule has 0 aliphatic carbocycles. The number of hydrogen-bond donors (Lipinski definition) is 1. The van der Waals surface area contributed by atoms with Gasteiger partial charge in [0, 0.05) is 24.8 Å². The highest BCUT2D eigenvalue weighted by atomic mass is 15.1. The number of nitrogens with zero attached hydrogens (tertiary/aromatic N) is 1. The summed E-state index contributed by atoms with van der Waals surface area (Å²) in [5.41, 5.74) is 11.7. The van der Waals surface area contributed by atoms with Crippen LogP contribution in [0.25, 0.3) is 0 Å². The molecule has 0 spiro atoms. The molecule has 2 nitrogen and oxygen atoms in total. The molecule has 1 atom stereocenters. The standard InChI is InChI=1S/C17H20N2/c1-2-16(18)15-9-5-6-10-17(15)19-11-13-7-3-4-8-14(13)12-19/h3-10,16H,2,11-12,18H2,1H3/t16-/m0/s1. The Balaban J connectivity index is 1.93. The summed E-state index contributed by atoms with van der Waals surface area (Å²) in [7, 11) is 0. The van der Waals surface area contributed by atoms with E-state index in [1.165, 1.54) is 22.4 Å². The Bertz CT molecular complexity index is 552. The maximum Gasteiger partial charge on any atom is 0.0436 e. The average molecular weight is 252 g/mol. The molecular weight excluding hydrogens is 232 g/mol. The molecule has 0 radical (unpaired) electrons. The van der Waals surface area contributed by atoms with Crippen molar-refractivity contribution in [2.75, 3.05) is 4.90 Å². The predicted octanol–water partition coefficient (Wildman–Crippen LogP) is 3.62. The van der Waals surface area contributed by atoms with Crippen LogP contribution < -0.4 is 10.6 Å². The van der Waals surface area contributed by atoms with Crippen LogP contribution in [0.1, 0.15) is 36.1 Å². The van der Waals surface area contributed by atoms with Gasteiger partial charge in [0.1, 0.15) is 0 Å². The van der Waals surface area contributed by atoms with Crippen LogP contribution in [-0.2, 0) is 13.1 Å². The molecule has 98 valence electrons. The lowest BCUT2D eigenvalue weighted by atomic mass is 10.0. The van der Waals surface area contributed by atoms with E-state index >= 15 is 0 Å². The molecule has 3 rings (SSSR count). The first kappa shape index (κ1) is 12.2. The lowest BCUT2D eigenvalue weighted by molar-refractivity contribution is 0.692. The number of benzene rings is 2. The van der Waals surface area contributed by atoms with Gasteiger partial charge in [-0.15, -0.1) is 0 Å². The Kier molecular flexibility index (Phi) is 3.26. The average Bonchev–Trinajstić information content (AvgIpc) is 2.90. The van der Waals surface area contributed by atoms with E-state index in [0.29, 0.717) is 0 Å². The van der Waals surface area contributed by atoms with Crippen molar-refractivity contribution in [1.82, 2.24) is 0 Å². The summed E-state index contributed by atoms with van der Waals surface area (Å²) >= 11 is 0. The second kappa shape index (κ2) is 5.06. The highest BCUT2D eigenvalue weighted by Crippen LogP contribution is 2.33. The quantitative estimate of drug-likeness (QED) is 0.904. The van der Waals surface area contributed by atoms with E-state index in [1.54, 1.807) is 0 Å².